The van der Waals surface area contributed by atoms with Crippen LogP contribution in [-0.2, 0) is 17.6 Å². The van der Waals surface area contributed by atoms with E-state index >= 15 is 0 Å². The van der Waals surface area contributed by atoms with Crippen molar-refractivity contribution < 1.29 is 19.1 Å². The monoisotopic (exact) mass is 500 g/mol. The second-order valence-electron chi connectivity index (χ2n) is 9.03. The average Bonchev–Trinajstić information content (AvgIpc) is 3.24. The number of nitrogens with one attached hydrogen (secondary N) is 1. The third-order valence-corrected chi connectivity index (χ3v) is 7.72. The van der Waals surface area contributed by atoms with E-state index in [1.54, 1.807) is 6.07 Å². The fraction of sp³-hybridized carbons (Fsp3) is 0.276. The molecule has 1 aliphatic rings. The molecule has 184 valence electrons. The molecule has 0 spiro atoms. The SMILES string of the molecule is CCOc1ccc(-c2cc(C(=O)Nc3sc4c(c3C(=O)OC)CCC(C)C4)c3ccccc3n2)cc1. The quantitative estimate of drug-likeness (QED) is 0.305. The van der Waals surface area contributed by atoms with Crippen molar-refractivity contribution in [3.8, 4) is 17.0 Å². The van der Waals surface area contributed by atoms with Gasteiger partial charge in [-0.05, 0) is 74.1 Å². The van der Waals surface area contributed by atoms with Crippen molar-refractivity contribution in [2.75, 3.05) is 19.0 Å². The van der Waals surface area contributed by atoms with Gasteiger partial charge in [-0.2, -0.15) is 0 Å². The number of anilines is 1. The maximum atomic E-state index is 13.7. The lowest BCUT2D eigenvalue weighted by atomic mass is 9.88. The first-order valence-corrected chi connectivity index (χ1v) is 13.0. The molecule has 1 aliphatic carbocycles. The van der Waals surface area contributed by atoms with Gasteiger partial charge in [-0.25, -0.2) is 9.78 Å². The standard InChI is InChI=1S/C29H28N2O4S/c1-4-35-19-12-10-18(11-13-19)24-16-22(20-7-5-6-8-23(20)30-24)27(32)31-28-26(29(33)34-3)21-14-9-17(2)15-25(21)36-28/h5-8,10-13,16-17H,4,9,14-15H2,1-3H3,(H,31,32). The molecule has 1 unspecified atom stereocenters. The Morgan fingerprint density at radius 2 is 1.92 bits per heavy atom. The van der Waals surface area contributed by atoms with E-state index in [-0.39, 0.29) is 5.91 Å². The number of esters is 1. The van der Waals surface area contributed by atoms with E-state index in [2.05, 4.69) is 12.2 Å². The maximum absolute atomic E-state index is 13.7. The molecule has 0 fully saturated rings. The van der Waals surface area contributed by atoms with Gasteiger partial charge in [0.1, 0.15) is 10.8 Å². The minimum Gasteiger partial charge on any atom is -0.494 e. The molecule has 36 heavy (non-hydrogen) atoms. The Morgan fingerprint density at radius 3 is 2.67 bits per heavy atom. The van der Waals surface area contributed by atoms with Crippen LogP contribution in [0.2, 0.25) is 0 Å². The van der Waals surface area contributed by atoms with Crippen LogP contribution < -0.4 is 10.1 Å². The zero-order valence-corrected chi connectivity index (χ0v) is 21.4. The first-order chi connectivity index (χ1) is 17.5. The summed E-state index contributed by atoms with van der Waals surface area (Å²) in [6.07, 6.45) is 2.73. The van der Waals surface area contributed by atoms with E-state index in [0.717, 1.165) is 51.9 Å². The largest absolute Gasteiger partial charge is 0.494 e. The summed E-state index contributed by atoms with van der Waals surface area (Å²) >= 11 is 1.48. The first-order valence-electron chi connectivity index (χ1n) is 12.2. The molecule has 1 N–H and O–H groups in total. The second kappa shape index (κ2) is 10.1. The number of fused-ring (bicyclic) bond motifs is 2. The van der Waals surface area contributed by atoms with Gasteiger partial charge in [-0.1, -0.05) is 25.1 Å². The number of hydrogen-bond donors (Lipinski definition) is 1. The number of ether oxygens (including phenoxy) is 2. The van der Waals surface area contributed by atoms with Crippen molar-refractivity contribution in [3.63, 3.8) is 0 Å². The summed E-state index contributed by atoms with van der Waals surface area (Å²) in [5.41, 5.74) is 4.29. The summed E-state index contributed by atoms with van der Waals surface area (Å²) < 4.78 is 10.6. The van der Waals surface area contributed by atoms with Gasteiger partial charge in [0.25, 0.3) is 5.91 Å². The van der Waals surface area contributed by atoms with Crippen molar-refractivity contribution in [1.29, 1.82) is 0 Å². The zero-order valence-electron chi connectivity index (χ0n) is 20.6. The van der Waals surface area contributed by atoms with Crippen molar-refractivity contribution in [2.24, 2.45) is 5.92 Å². The molecule has 4 aromatic rings. The van der Waals surface area contributed by atoms with E-state index < -0.39 is 5.97 Å². The molecule has 2 aromatic heterocycles. The van der Waals surface area contributed by atoms with Gasteiger partial charge in [-0.3, -0.25) is 4.79 Å². The minimum absolute atomic E-state index is 0.280. The fourth-order valence-electron chi connectivity index (χ4n) is 4.73. The third kappa shape index (κ3) is 4.58. The fourth-order valence-corrected chi connectivity index (χ4v) is 6.12. The Bertz CT molecular complexity index is 1440. The highest BCUT2D eigenvalue weighted by atomic mass is 32.1. The lowest BCUT2D eigenvalue weighted by Gasteiger charge is -2.18. The molecule has 1 amide bonds. The molecule has 0 saturated heterocycles. The number of methoxy groups -OCH3 is 1. The smallest absolute Gasteiger partial charge is 0.341 e. The summed E-state index contributed by atoms with van der Waals surface area (Å²) in [6.45, 7) is 4.75. The van der Waals surface area contributed by atoms with Crippen LogP contribution in [0.3, 0.4) is 0 Å². The summed E-state index contributed by atoms with van der Waals surface area (Å²) in [4.78, 5) is 32.3. The zero-order chi connectivity index (χ0) is 25.2. The highest BCUT2D eigenvalue weighted by Crippen LogP contribution is 2.40. The summed E-state index contributed by atoms with van der Waals surface area (Å²) in [6, 6.07) is 17.1. The number of aromatic nitrogens is 1. The van der Waals surface area contributed by atoms with Gasteiger partial charge >= 0.3 is 5.97 Å². The Balaban J connectivity index is 1.55. The molecule has 6 nitrogen and oxygen atoms in total. The van der Waals surface area contributed by atoms with E-state index in [1.807, 2.05) is 55.5 Å². The molecule has 2 aromatic carbocycles. The Labute approximate surface area is 214 Å². The van der Waals surface area contributed by atoms with Crippen LogP contribution >= 0.6 is 11.3 Å². The van der Waals surface area contributed by atoms with Crippen LogP contribution in [0.15, 0.2) is 54.6 Å². The molecule has 2 heterocycles. The molecule has 0 aliphatic heterocycles. The van der Waals surface area contributed by atoms with Crippen LogP contribution in [0.5, 0.6) is 5.75 Å². The molecule has 1 atom stereocenters. The number of thiophene rings is 1. The Kier molecular flexibility index (Phi) is 6.74. The number of benzene rings is 2. The molecular weight excluding hydrogens is 472 g/mol. The van der Waals surface area contributed by atoms with Crippen LogP contribution in [0.25, 0.3) is 22.2 Å². The van der Waals surface area contributed by atoms with Gasteiger partial charge in [-0.15, -0.1) is 11.3 Å². The van der Waals surface area contributed by atoms with Gasteiger partial charge < -0.3 is 14.8 Å². The van der Waals surface area contributed by atoms with Crippen molar-refractivity contribution >= 4 is 39.1 Å². The van der Waals surface area contributed by atoms with E-state index in [4.69, 9.17) is 14.5 Å². The molecule has 0 saturated carbocycles. The number of hydrogen-bond acceptors (Lipinski definition) is 6. The number of amides is 1. The number of nitrogens with zero attached hydrogens (tertiary/aromatic N) is 1. The molecule has 7 heteroatoms. The molecular formula is C29H28N2O4S. The molecule has 0 bridgehead atoms. The van der Waals surface area contributed by atoms with Crippen LogP contribution in [0.4, 0.5) is 5.00 Å². The molecule has 5 rings (SSSR count). The minimum atomic E-state index is -0.410. The van der Waals surface area contributed by atoms with E-state index in [9.17, 15) is 9.59 Å². The molecule has 0 radical (unpaired) electrons. The van der Waals surface area contributed by atoms with Crippen molar-refractivity contribution in [3.05, 3.63) is 76.2 Å². The van der Waals surface area contributed by atoms with Crippen molar-refractivity contribution in [2.45, 2.75) is 33.1 Å². The number of pyridine rings is 1. The topological polar surface area (TPSA) is 77.5 Å². The van der Waals surface area contributed by atoms with Gasteiger partial charge in [0, 0.05) is 15.8 Å². The lowest BCUT2D eigenvalue weighted by molar-refractivity contribution is 0.0601. The van der Waals surface area contributed by atoms with Crippen LogP contribution in [-0.4, -0.2) is 30.6 Å². The van der Waals surface area contributed by atoms with Crippen LogP contribution in [0.1, 0.15) is 51.4 Å². The number of carbonyl (C=O) groups excluding carboxylic acids is 2. The third-order valence-electron chi connectivity index (χ3n) is 6.55. The normalized spacial score (nSPS) is 14.8. The highest BCUT2D eigenvalue weighted by Gasteiger charge is 2.29. The van der Waals surface area contributed by atoms with Crippen molar-refractivity contribution in [1.82, 2.24) is 4.98 Å². The summed E-state index contributed by atoms with van der Waals surface area (Å²) in [5.74, 6) is 0.641. The number of para-hydroxylation sites is 1. The predicted molar refractivity (Wildman–Crippen MR) is 143 cm³/mol. The summed E-state index contributed by atoms with van der Waals surface area (Å²) in [7, 11) is 1.38. The maximum Gasteiger partial charge on any atom is 0.341 e. The van der Waals surface area contributed by atoms with Gasteiger partial charge in [0.2, 0.25) is 0 Å². The first kappa shape index (κ1) is 24.0. The van der Waals surface area contributed by atoms with Gasteiger partial charge in [0.15, 0.2) is 0 Å². The highest BCUT2D eigenvalue weighted by molar-refractivity contribution is 7.17. The van der Waals surface area contributed by atoms with Crippen LogP contribution in [0, 0.1) is 5.92 Å². The summed E-state index contributed by atoms with van der Waals surface area (Å²) in [5, 5.41) is 4.34. The number of carbonyl (C=O) groups is 2. The number of rotatable bonds is 6. The second-order valence-corrected chi connectivity index (χ2v) is 10.1. The lowest BCUT2D eigenvalue weighted by Crippen LogP contribution is -2.16. The average molecular weight is 501 g/mol. The van der Waals surface area contributed by atoms with E-state index in [0.29, 0.717) is 34.3 Å². The predicted octanol–water partition coefficient (Wildman–Crippen LogP) is 6.53. The Hall–Kier alpha value is -3.71. The Morgan fingerprint density at radius 1 is 1.14 bits per heavy atom. The van der Waals surface area contributed by atoms with E-state index in [1.165, 1.54) is 18.4 Å². The van der Waals surface area contributed by atoms with Gasteiger partial charge in [0.05, 0.1) is 36.1 Å².